The van der Waals surface area contributed by atoms with E-state index in [1.54, 1.807) is 22.7 Å². The molecule has 0 bridgehead atoms. The largest absolute Gasteiger partial charge is 0.241 e. The summed E-state index contributed by atoms with van der Waals surface area (Å²) >= 11 is 9.30. The highest BCUT2D eigenvalue weighted by molar-refractivity contribution is 7.23. The fourth-order valence-electron chi connectivity index (χ4n) is 2.43. The molecule has 24 heavy (non-hydrogen) atoms. The number of aromatic nitrogens is 2. The van der Waals surface area contributed by atoms with E-state index in [9.17, 15) is 0 Å². The highest BCUT2D eigenvalue weighted by Crippen LogP contribution is 2.38. The molecule has 2 nitrogen and oxygen atoms in total. The summed E-state index contributed by atoms with van der Waals surface area (Å²) in [6.45, 7) is 2.04. The Bertz CT molecular complexity index is 972. The van der Waals surface area contributed by atoms with E-state index in [1.165, 1.54) is 0 Å². The molecule has 4 rings (SSSR count). The Labute approximate surface area is 153 Å². The van der Waals surface area contributed by atoms with Crippen LogP contribution >= 0.6 is 34.3 Å². The van der Waals surface area contributed by atoms with E-state index < -0.39 is 0 Å². The van der Waals surface area contributed by atoms with Gasteiger partial charge >= 0.3 is 0 Å². The lowest BCUT2D eigenvalue weighted by Gasteiger charge is -1.96. The van der Waals surface area contributed by atoms with Crippen LogP contribution in [-0.2, 0) is 0 Å². The maximum Gasteiger partial charge on any atom is 0.135 e. The van der Waals surface area contributed by atoms with Crippen molar-refractivity contribution in [2.45, 2.75) is 6.92 Å². The lowest BCUT2D eigenvalue weighted by molar-refractivity contribution is 1.26. The van der Waals surface area contributed by atoms with Crippen molar-refractivity contribution >= 4 is 34.3 Å². The maximum atomic E-state index is 5.96. The van der Waals surface area contributed by atoms with Gasteiger partial charge < -0.3 is 0 Å². The van der Waals surface area contributed by atoms with Crippen LogP contribution in [0.2, 0.25) is 5.02 Å². The Morgan fingerprint density at radius 2 is 1.58 bits per heavy atom. The first-order chi connectivity index (χ1) is 11.7. The van der Waals surface area contributed by atoms with Gasteiger partial charge in [-0.15, -0.1) is 22.7 Å². The molecule has 0 spiro atoms. The van der Waals surface area contributed by atoms with E-state index in [-0.39, 0.29) is 0 Å². The van der Waals surface area contributed by atoms with Gasteiger partial charge in [-0.05, 0) is 19.1 Å². The highest BCUT2D eigenvalue weighted by atomic mass is 35.5. The van der Waals surface area contributed by atoms with Crippen molar-refractivity contribution in [1.82, 2.24) is 9.97 Å². The summed E-state index contributed by atoms with van der Waals surface area (Å²) in [5.74, 6) is 0. The monoisotopic (exact) mass is 368 g/mol. The average molecular weight is 369 g/mol. The lowest BCUT2D eigenvalue weighted by atomic mass is 10.2. The van der Waals surface area contributed by atoms with Crippen molar-refractivity contribution in [1.29, 1.82) is 0 Å². The first kappa shape index (κ1) is 15.5. The van der Waals surface area contributed by atoms with Crippen molar-refractivity contribution in [3.05, 3.63) is 70.7 Å². The first-order valence-electron chi connectivity index (χ1n) is 7.45. The summed E-state index contributed by atoms with van der Waals surface area (Å²) in [6, 6.07) is 18.0. The first-order valence-corrected chi connectivity index (χ1v) is 9.53. The normalized spacial score (nSPS) is 10.9. The summed E-state index contributed by atoms with van der Waals surface area (Å²) in [4.78, 5) is 10.7. The quantitative estimate of drug-likeness (QED) is 0.409. The van der Waals surface area contributed by atoms with Crippen LogP contribution < -0.4 is 0 Å². The minimum absolute atomic E-state index is 0.736. The topological polar surface area (TPSA) is 25.8 Å². The van der Waals surface area contributed by atoms with E-state index in [2.05, 4.69) is 17.5 Å². The Hall–Kier alpha value is -2.01. The number of nitrogens with zero attached hydrogens (tertiary/aromatic N) is 2. The minimum atomic E-state index is 0.736. The molecule has 2 aromatic carbocycles. The molecular weight excluding hydrogens is 356 g/mol. The van der Waals surface area contributed by atoms with Gasteiger partial charge in [0.05, 0.1) is 16.3 Å². The summed E-state index contributed by atoms with van der Waals surface area (Å²) in [7, 11) is 0. The van der Waals surface area contributed by atoms with E-state index >= 15 is 0 Å². The predicted molar refractivity (Wildman–Crippen MR) is 104 cm³/mol. The molecule has 4 aromatic rings. The molecule has 5 heteroatoms. The molecule has 0 aliphatic carbocycles. The summed E-state index contributed by atoms with van der Waals surface area (Å²) in [6.07, 6.45) is 0. The minimum Gasteiger partial charge on any atom is -0.241 e. The molecular formula is C19H13ClN2S2. The van der Waals surface area contributed by atoms with Crippen molar-refractivity contribution in [2.75, 3.05) is 0 Å². The van der Waals surface area contributed by atoms with Crippen LogP contribution in [-0.4, -0.2) is 9.97 Å². The molecule has 0 aliphatic heterocycles. The van der Waals surface area contributed by atoms with E-state index in [0.29, 0.717) is 0 Å². The summed E-state index contributed by atoms with van der Waals surface area (Å²) < 4.78 is 0. The molecule has 0 saturated carbocycles. The molecule has 0 radical (unpaired) electrons. The van der Waals surface area contributed by atoms with Gasteiger partial charge in [0.25, 0.3) is 0 Å². The third kappa shape index (κ3) is 3.00. The van der Waals surface area contributed by atoms with Gasteiger partial charge in [0.2, 0.25) is 0 Å². The summed E-state index contributed by atoms with van der Waals surface area (Å²) in [5, 5.41) is 4.86. The molecule has 2 heterocycles. The molecule has 0 N–H and O–H groups in total. The predicted octanol–water partition coefficient (Wildman–Crippen LogP) is 6.56. The zero-order valence-corrected chi connectivity index (χ0v) is 15.3. The number of hydrogen-bond acceptors (Lipinski definition) is 4. The number of thiazole rings is 2. The van der Waals surface area contributed by atoms with Gasteiger partial charge in [-0.3, -0.25) is 0 Å². The number of hydrogen-bond donors (Lipinski definition) is 0. The Morgan fingerprint density at radius 3 is 2.33 bits per heavy atom. The van der Waals surface area contributed by atoms with Crippen LogP contribution in [0.1, 0.15) is 5.69 Å². The Kier molecular flexibility index (Phi) is 4.19. The van der Waals surface area contributed by atoms with Crippen molar-refractivity contribution in [3.8, 4) is 31.7 Å². The molecule has 118 valence electrons. The number of halogens is 1. The molecule has 0 saturated heterocycles. The van der Waals surface area contributed by atoms with Crippen LogP contribution in [0.4, 0.5) is 0 Å². The Morgan fingerprint density at radius 1 is 0.833 bits per heavy atom. The third-order valence-electron chi connectivity index (χ3n) is 3.66. The van der Waals surface area contributed by atoms with Gasteiger partial charge in [-0.1, -0.05) is 54.1 Å². The SMILES string of the molecule is Cc1nc(-c2ccccc2)sc1-c1nc(-c2ccc(Cl)cc2)cs1. The van der Waals surface area contributed by atoms with Gasteiger partial charge in [-0.2, -0.15) is 0 Å². The standard InChI is InChI=1S/C19H13ClN2S2/c1-12-17(24-18(21-12)14-5-3-2-4-6-14)19-22-16(11-23-19)13-7-9-15(20)10-8-13/h2-11H,1H3. The molecule has 0 amide bonds. The second-order valence-electron chi connectivity index (χ2n) is 5.34. The molecule has 0 unspecified atom stereocenters. The maximum absolute atomic E-state index is 5.96. The molecule has 0 atom stereocenters. The van der Waals surface area contributed by atoms with Crippen LogP contribution in [0.3, 0.4) is 0 Å². The van der Waals surface area contributed by atoms with E-state index in [1.807, 2.05) is 49.4 Å². The smallest absolute Gasteiger partial charge is 0.135 e. The fraction of sp³-hybridized carbons (Fsp3) is 0.0526. The second-order valence-corrected chi connectivity index (χ2v) is 7.64. The van der Waals surface area contributed by atoms with E-state index in [4.69, 9.17) is 21.6 Å². The third-order valence-corrected chi connectivity index (χ3v) is 6.11. The van der Waals surface area contributed by atoms with Gasteiger partial charge in [-0.25, -0.2) is 9.97 Å². The molecule has 0 fully saturated rings. The van der Waals surface area contributed by atoms with E-state index in [0.717, 1.165) is 42.4 Å². The van der Waals surface area contributed by atoms with Crippen molar-refractivity contribution in [3.63, 3.8) is 0 Å². The number of benzene rings is 2. The molecule has 2 aromatic heterocycles. The van der Waals surface area contributed by atoms with Crippen molar-refractivity contribution < 1.29 is 0 Å². The van der Waals surface area contributed by atoms with Gasteiger partial charge in [0, 0.05) is 21.5 Å². The number of aryl methyl sites for hydroxylation is 1. The lowest BCUT2D eigenvalue weighted by Crippen LogP contribution is -1.80. The van der Waals surface area contributed by atoms with Crippen LogP contribution in [0.25, 0.3) is 31.7 Å². The van der Waals surface area contributed by atoms with Crippen molar-refractivity contribution in [2.24, 2.45) is 0 Å². The second kappa shape index (κ2) is 6.48. The number of rotatable bonds is 3. The van der Waals surface area contributed by atoms with Crippen LogP contribution in [0.15, 0.2) is 60.0 Å². The molecule has 0 aliphatic rings. The fourth-order valence-corrected chi connectivity index (χ4v) is 4.60. The van der Waals surface area contributed by atoms with Crippen LogP contribution in [0.5, 0.6) is 0 Å². The van der Waals surface area contributed by atoms with Crippen LogP contribution in [0, 0.1) is 6.92 Å². The zero-order valence-electron chi connectivity index (χ0n) is 12.9. The van der Waals surface area contributed by atoms with Gasteiger partial charge in [0.1, 0.15) is 10.0 Å². The van der Waals surface area contributed by atoms with Gasteiger partial charge in [0.15, 0.2) is 0 Å². The zero-order chi connectivity index (χ0) is 16.5. The summed E-state index contributed by atoms with van der Waals surface area (Å²) in [5.41, 5.74) is 4.22. The highest BCUT2D eigenvalue weighted by Gasteiger charge is 2.15. The Balaban J connectivity index is 1.70. The average Bonchev–Trinajstić information content (AvgIpc) is 3.23.